The molecular weight excluding hydrogens is 358 g/mol. The van der Waals surface area contributed by atoms with Crippen LogP contribution in [0.15, 0.2) is 29.2 Å². The van der Waals surface area contributed by atoms with Crippen LogP contribution < -0.4 is 5.32 Å². The number of sulfonamides is 1. The largest absolute Gasteiger partial charge is 0.385 e. The summed E-state index contributed by atoms with van der Waals surface area (Å²) in [5.41, 5.74) is 0.297. The molecule has 2 amide bonds. The van der Waals surface area contributed by atoms with Crippen molar-refractivity contribution in [3.63, 3.8) is 0 Å². The summed E-state index contributed by atoms with van der Waals surface area (Å²) >= 11 is 0. The molecule has 9 heteroatoms. The number of ether oxygens (including phenoxy) is 1. The Morgan fingerprint density at radius 1 is 1.19 bits per heavy atom. The minimum Gasteiger partial charge on any atom is -0.385 e. The number of benzene rings is 1. The number of amides is 2. The number of piperazine rings is 1. The smallest absolute Gasteiger partial charge is 0.251 e. The molecule has 0 bridgehead atoms. The Labute approximate surface area is 154 Å². The van der Waals surface area contributed by atoms with Crippen molar-refractivity contribution < 1.29 is 22.7 Å². The highest BCUT2D eigenvalue weighted by atomic mass is 32.2. The molecule has 1 saturated heterocycles. The highest BCUT2D eigenvalue weighted by molar-refractivity contribution is 7.89. The summed E-state index contributed by atoms with van der Waals surface area (Å²) in [6, 6.07) is 6.01. The number of nitrogens with zero attached hydrogens (tertiary/aromatic N) is 2. The third-order valence-electron chi connectivity index (χ3n) is 4.23. The van der Waals surface area contributed by atoms with Gasteiger partial charge in [0.1, 0.15) is 0 Å². The third-order valence-corrected chi connectivity index (χ3v) is 6.12. The Morgan fingerprint density at radius 2 is 1.88 bits per heavy atom. The quantitative estimate of drug-likeness (QED) is 0.684. The van der Waals surface area contributed by atoms with Crippen LogP contribution in [0, 0.1) is 0 Å². The molecule has 0 aliphatic carbocycles. The van der Waals surface area contributed by atoms with E-state index in [0.29, 0.717) is 38.2 Å². The molecule has 0 radical (unpaired) electrons. The first-order chi connectivity index (χ1) is 12.4. The molecule has 0 atom stereocenters. The maximum absolute atomic E-state index is 12.8. The van der Waals surface area contributed by atoms with Gasteiger partial charge in [-0.3, -0.25) is 9.59 Å². The van der Waals surface area contributed by atoms with Crippen LogP contribution in [0.4, 0.5) is 0 Å². The topological polar surface area (TPSA) is 96.0 Å². The first-order valence-electron chi connectivity index (χ1n) is 8.49. The fourth-order valence-corrected chi connectivity index (χ4v) is 4.18. The molecule has 2 rings (SSSR count). The first kappa shape index (κ1) is 20.3. The van der Waals surface area contributed by atoms with Gasteiger partial charge in [0.25, 0.3) is 5.91 Å². The van der Waals surface area contributed by atoms with Crippen LogP contribution in [0.3, 0.4) is 0 Å². The Hall–Kier alpha value is -1.97. The van der Waals surface area contributed by atoms with E-state index < -0.39 is 10.0 Å². The predicted molar refractivity (Wildman–Crippen MR) is 96.3 cm³/mol. The Bertz CT molecular complexity index is 743. The number of nitrogens with one attached hydrogen (secondary N) is 1. The summed E-state index contributed by atoms with van der Waals surface area (Å²) in [4.78, 5) is 25.3. The number of carbonyl (C=O) groups excluding carboxylic acids is 2. The minimum absolute atomic E-state index is 0.0609. The van der Waals surface area contributed by atoms with E-state index in [9.17, 15) is 18.0 Å². The van der Waals surface area contributed by atoms with Crippen LogP contribution in [0.2, 0.25) is 0 Å². The fourth-order valence-electron chi connectivity index (χ4n) is 2.71. The van der Waals surface area contributed by atoms with Crippen LogP contribution in [-0.2, 0) is 19.6 Å². The lowest BCUT2D eigenvalue weighted by Gasteiger charge is -2.33. The number of hydrogen-bond acceptors (Lipinski definition) is 5. The zero-order valence-corrected chi connectivity index (χ0v) is 15.9. The van der Waals surface area contributed by atoms with E-state index in [0.717, 1.165) is 0 Å². The molecule has 0 aromatic heterocycles. The Balaban J connectivity index is 2.06. The summed E-state index contributed by atoms with van der Waals surface area (Å²) in [6.07, 6.45) is 0.681. The third kappa shape index (κ3) is 5.03. The molecule has 144 valence electrons. The van der Waals surface area contributed by atoms with Crippen molar-refractivity contribution in [2.24, 2.45) is 0 Å². The van der Waals surface area contributed by atoms with E-state index in [1.165, 1.54) is 23.4 Å². The zero-order valence-electron chi connectivity index (χ0n) is 15.1. The molecule has 1 N–H and O–H groups in total. The number of carbonyl (C=O) groups is 2. The maximum Gasteiger partial charge on any atom is 0.251 e. The molecule has 26 heavy (non-hydrogen) atoms. The molecule has 1 fully saturated rings. The minimum atomic E-state index is -3.70. The maximum atomic E-state index is 12.8. The lowest BCUT2D eigenvalue weighted by Crippen LogP contribution is -2.49. The van der Waals surface area contributed by atoms with Gasteiger partial charge in [-0.05, 0) is 24.6 Å². The summed E-state index contributed by atoms with van der Waals surface area (Å²) in [5.74, 6) is -0.381. The predicted octanol–water partition coefficient (Wildman–Crippen LogP) is 0.306. The van der Waals surface area contributed by atoms with Crippen molar-refractivity contribution in [2.45, 2.75) is 18.2 Å². The lowest BCUT2D eigenvalue weighted by atomic mass is 10.2. The van der Waals surface area contributed by atoms with Crippen molar-refractivity contribution in [2.75, 3.05) is 46.4 Å². The molecule has 1 aromatic carbocycles. The van der Waals surface area contributed by atoms with E-state index >= 15 is 0 Å². The van der Waals surface area contributed by atoms with E-state index in [1.54, 1.807) is 24.1 Å². The average Bonchev–Trinajstić information content (AvgIpc) is 2.65. The van der Waals surface area contributed by atoms with Gasteiger partial charge in [0, 0.05) is 58.9 Å². The van der Waals surface area contributed by atoms with Crippen LogP contribution >= 0.6 is 0 Å². The lowest BCUT2D eigenvalue weighted by molar-refractivity contribution is -0.129. The summed E-state index contributed by atoms with van der Waals surface area (Å²) in [7, 11) is -2.11. The van der Waals surface area contributed by atoms with E-state index in [1.807, 2.05) is 0 Å². The van der Waals surface area contributed by atoms with Crippen molar-refractivity contribution >= 4 is 21.8 Å². The normalized spacial score (nSPS) is 15.7. The molecule has 1 aliphatic heterocycles. The monoisotopic (exact) mass is 383 g/mol. The first-order valence-corrected chi connectivity index (χ1v) is 9.93. The summed E-state index contributed by atoms with van der Waals surface area (Å²) in [5, 5.41) is 2.74. The second kappa shape index (κ2) is 9.11. The summed E-state index contributed by atoms with van der Waals surface area (Å²) < 4.78 is 31.9. The molecule has 0 spiro atoms. The second-order valence-electron chi connectivity index (χ2n) is 6.04. The van der Waals surface area contributed by atoms with E-state index in [4.69, 9.17) is 4.74 Å². The Morgan fingerprint density at radius 3 is 2.50 bits per heavy atom. The van der Waals surface area contributed by atoms with Crippen LogP contribution in [0.5, 0.6) is 0 Å². The van der Waals surface area contributed by atoms with Crippen LogP contribution in [0.1, 0.15) is 23.7 Å². The summed E-state index contributed by atoms with van der Waals surface area (Å²) in [6.45, 7) is 3.70. The molecule has 0 unspecified atom stereocenters. The number of hydrogen-bond donors (Lipinski definition) is 1. The van der Waals surface area contributed by atoms with Gasteiger partial charge in [0.2, 0.25) is 15.9 Å². The average molecular weight is 383 g/mol. The highest BCUT2D eigenvalue weighted by Crippen LogP contribution is 2.19. The standard InChI is InChI=1S/C17H25N3O5S/c1-14(21)19-8-10-20(11-9-19)26(23,24)16-6-3-5-15(13-16)17(22)18-7-4-12-25-2/h3,5-6,13H,4,7-12H2,1-2H3,(H,18,22). The van der Waals surface area contributed by atoms with Crippen molar-refractivity contribution in [1.82, 2.24) is 14.5 Å². The molecule has 1 aromatic rings. The van der Waals surface area contributed by atoms with E-state index in [2.05, 4.69) is 5.32 Å². The van der Waals surface area contributed by atoms with Crippen LogP contribution in [0.25, 0.3) is 0 Å². The van der Waals surface area contributed by atoms with Gasteiger partial charge in [-0.25, -0.2) is 8.42 Å². The molecule has 8 nitrogen and oxygen atoms in total. The van der Waals surface area contributed by atoms with Gasteiger partial charge in [-0.1, -0.05) is 6.07 Å². The zero-order chi connectivity index (χ0) is 19.2. The van der Waals surface area contributed by atoms with Crippen LogP contribution in [-0.4, -0.2) is 75.9 Å². The molecule has 1 heterocycles. The molecule has 1 aliphatic rings. The Kier molecular flexibility index (Phi) is 7.13. The van der Waals surface area contributed by atoms with E-state index in [-0.39, 0.29) is 29.8 Å². The molecular formula is C17H25N3O5S. The van der Waals surface area contributed by atoms with Gasteiger partial charge in [-0.15, -0.1) is 0 Å². The van der Waals surface area contributed by atoms with Gasteiger partial charge in [0.05, 0.1) is 4.90 Å². The number of methoxy groups -OCH3 is 1. The van der Waals surface area contributed by atoms with Gasteiger partial charge >= 0.3 is 0 Å². The van der Waals surface area contributed by atoms with Crippen molar-refractivity contribution in [3.8, 4) is 0 Å². The van der Waals surface area contributed by atoms with Gasteiger partial charge in [0.15, 0.2) is 0 Å². The van der Waals surface area contributed by atoms with Crippen molar-refractivity contribution in [3.05, 3.63) is 29.8 Å². The highest BCUT2D eigenvalue weighted by Gasteiger charge is 2.29. The second-order valence-corrected chi connectivity index (χ2v) is 7.98. The van der Waals surface area contributed by atoms with Gasteiger partial charge in [-0.2, -0.15) is 4.31 Å². The fraction of sp³-hybridized carbons (Fsp3) is 0.529. The number of rotatable bonds is 7. The van der Waals surface area contributed by atoms with Gasteiger partial charge < -0.3 is 15.0 Å². The SMILES string of the molecule is COCCCNC(=O)c1cccc(S(=O)(=O)N2CCN(C(C)=O)CC2)c1. The van der Waals surface area contributed by atoms with Crippen molar-refractivity contribution in [1.29, 1.82) is 0 Å². The molecule has 0 saturated carbocycles.